The van der Waals surface area contributed by atoms with Crippen molar-refractivity contribution in [1.29, 1.82) is 0 Å². The van der Waals surface area contributed by atoms with E-state index in [1.165, 1.54) is 0 Å². The van der Waals surface area contributed by atoms with E-state index in [1.54, 1.807) is 21.0 Å². The monoisotopic (exact) mass is 282 g/mol. The standard InChI is InChI=1S/C12H27NO4S/c1-11(2,13(5,6)8-9-17-7)10-12(3,4)18(14,15)16/h8-10H2,1-7H3/p+1. The predicted octanol–water partition coefficient (Wildman–Crippen LogP) is 1.54. The lowest BCUT2D eigenvalue weighted by molar-refractivity contribution is -0.938. The molecule has 0 aromatic rings. The number of quaternary nitrogens is 1. The molecule has 0 aliphatic carbocycles. The molecule has 0 atom stereocenters. The smallest absolute Gasteiger partial charge is 0.270 e. The molecule has 0 heterocycles. The van der Waals surface area contributed by atoms with Gasteiger partial charge >= 0.3 is 0 Å². The van der Waals surface area contributed by atoms with Crippen molar-refractivity contribution in [3.05, 3.63) is 0 Å². The number of ether oxygens (including phenoxy) is 1. The van der Waals surface area contributed by atoms with Gasteiger partial charge in [-0.25, -0.2) is 0 Å². The Morgan fingerprint density at radius 1 is 1.17 bits per heavy atom. The lowest BCUT2D eigenvalue weighted by Gasteiger charge is -2.47. The molecule has 0 aromatic heterocycles. The molecule has 0 aliphatic heterocycles. The van der Waals surface area contributed by atoms with Gasteiger partial charge in [-0.15, -0.1) is 0 Å². The zero-order chi connectivity index (χ0) is 14.8. The third kappa shape index (κ3) is 4.19. The van der Waals surface area contributed by atoms with Crippen LogP contribution in [0.1, 0.15) is 34.1 Å². The second kappa shape index (κ2) is 5.45. The average molecular weight is 282 g/mol. The fourth-order valence-electron chi connectivity index (χ4n) is 1.97. The Kier molecular flexibility index (Phi) is 5.39. The summed E-state index contributed by atoms with van der Waals surface area (Å²) < 4.78 is 36.6. The molecular formula is C12H28NO4S+. The summed E-state index contributed by atoms with van der Waals surface area (Å²) in [4.78, 5) is 0. The highest BCUT2D eigenvalue weighted by Crippen LogP contribution is 2.33. The minimum Gasteiger partial charge on any atom is -0.379 e. The number of rotatable bonds is 7. The van der Waals surface area contributed by atoms with Crippen LogP contribution >= 0.6 is 0 Å². The van der Waals surface area contributed by atoms with Crippen molar-refractivity contribution in [2.45, 2.75) is 44.4 Å². The Hall–Kier alpha value is -0.170. The molecule has 6 heteroatoms. The summed E-state index contributed by atoms with van der Waals surface area (Å²) in [5.74, 6) is 0. The van der Waals surface area contributed by atoms with Crippen LogP contribution in [-0.4, -0.2) is 62.1 Å². The van der Waals surface area contributed by atoms with Crippen molar-refractivity contribution in [2.75, 3.05) is 34.4 Å². The van der Waals surface area contributed by atoms with E-state index in [2.05, 4.69) is 0 Å². The molecule has 0 aromatic carbocycles. The van der Waals surface area contributed by atoms with Gasteiger partial charge in [-0.3, -0.25) is 4.55 Å². The Labute approximate surface area is 111 Å². The maximum atomic E-state index is 11.4. The van der Waals surface area contributed by atoms with Crippen molar-refractivity contribution in [2.24, 2.45) is 0 Å². The minimum atomic E-state index is -4.06. The van der Waals surface area contributed by atoms with Gasteiger partial charge in [0.2, 0.25) is 0 Å². The van der Waals surface area contributed by atoms with Gasteiger partial charge in [0.1, 0.15) is 6.54 Å². The van der Waals surface area contributed by atoms with Crippen molar-refractivity contribution in [3.8, 4) is 0 Å². The molecule has 0 aliphatic rings. The molecule has 0 amide bonds. The normalized spacial score (nSPS) is 14.9. The van der Waals surface area contributed by atoms with Crippen LogP contribution in [-0.2, 0) is 14.9 Å². The number of methoxy groups -OCH3 is 1. The van der Waals surface area contributed by atoms with Gasteiger partial charge < -0.3 is 9.22 Å². The third-order valence-electron chi connectivity index (χ3n) is 4.05. The first kappa shape index (κ1) is 17.8. The zero-order valence-corrected chi connectivity index (χ0v) is 13.5. The van der Waals surface area contributed by atoms with Crippen LogP contribution < -0.4 is 0 Å². The molecule has 110 valence electrons. The van der Waals surface area contributed by atoms with E-state index >= 15 is 0 Å². The summed E-state index contributed by atoms with van der Waals surface area (Å²) in [6.45, 7) is 8.53. The highest BCUT2D eigenvalue weighted by atomic mass is 32.2. The first-order valence-electron chi connectivity index (χ1n) is 6.06. The van der Waals surface area contributed by atoms with Crippen LogP contribution in [0.3, 0.4) is 0 Å². The van der Waals surface area contributed by atoms with Crippen molar-refractivity contribution >= 4 is 10.1 Å². The summed E-state index contributed by atoms with van der Waals surface area (Å²) in [6, 6.07) is 0. The van der Waals surface area contributed by atoms with Crippen molar-refractivity contribution in [3.63, 3.8) is 0 Å². The molecule has 18 heavy (non-hydrogen) atoms. The fourth-order valence-corrected chi connectivity index (χ4v) is 2.50. The predicted molar refractivity (Wildman–Crippen MR) is 73.2 cm³/mol. The fraction of sp³-hybridized carbons (Fsp3) is 1.00. The van der Waals surface area contributed by atoms with Crippen LogP contribution in [0.5, 0.6) is 0 Å². The first-order chi connectivity index (χ1) is 7.77. The zero-order valence-electron chi connectivity index (χ0n) is 12.6. The van der Waals surface area contributed by atoms with E-state index in [9.17, 15) is 13.0 Å². The lowest BCUT2D eigenvalue weighted by Crippen LogP contribution is -2.60. The molecule has 0 bridgehead atoms. The summed E-state index contributed by atoms with van der Waals surface area (Å²) >= 11 is 0. The van der Waals surface area contributed by atoms with Gasteiger partial charge in [-0.2, -0.15) is 8.42 Å². The minimum absolute atomic E-state index is 0.294. The lowest BCUT2D eigenvalue weighted by atomic mass is 9.88. The molecule has 0 saturated heterocycles. The van der Waals surface area contributed by atoms with E-state index in [0.29, 0.717) is 17.5 Å². The Morgan fingerprint density at radius 3 is 1.94 bits per heavy atom. The molecule has 0 rings (SSSR count). The van der Waals surface area contributed by atoms with Gasteiger partial charge in [0.05, 0.1) is 31.0 Å². The highest BCUT2D eigenvalue weighted by molar-refractivity contribution is 7.87. The van der Waals surface area contributed by atoms with Gasteiger partial charge in [-0.1, -0.05) is 0 Å². The molecule has 0 fully saturated rings. The molecule has 0 radical (unpaired) electrons. The molecular weight excluding hydrogens is 254 g/mol. The van der Waals surface area contributed by atoms with Crippen LogP contribution in [0, 0.1) is 0 Å². The van der Waals surface area contributed by atoms with Gasteiger partial charge in [-0.05, 0) is 27.7 Å². The second-order valence-corrected chi connectivity index (χ2v) is 8.68. The number of nitrogens with zero attached hydrogens (tertiary/aromatic N) is 1. The summed E-state index contributed by atoms with van der Waals surface area (Å²) in [5.41, 5.74) is -0.294. The molecule has 0 unspecified atom stereocenters. The largest absolute Gasteiger partial charge is 0.379 e. The van der Waals surface area contributed by atoms with Crippen molar-refractivity contribution in [1.82, 2.24) is 0 Å². The Balaban J connectivity index is 5.06. The maximum Gasteiger partial charge on any atom is 0.270 e. The number of hydrogen-bond donors (Lipinski definition) is 1. The van der Waals surface area contributed by atoms with Crippen molar-refractivity contribution < 1.29 is 22.2 Å². The summed E-state index contributed by atoms with van der Waals surface area (Å²) in [6.07, 6.45) is 0.371. The van der Waals surface area contributed by atoms with Crippen LogP contribution in [0.15, 0.2) is 0 Å². The Bertz CT molecular complexity index is 372. The molecule has 5 nitrogen and oxygen atoms in total. The van der Waals surface area contributed by atoms with Crippen LogP contribution in [0.2, 0.25) is 0 Å². The van der Waals surface area contributed by atoms with E-state index < -0.39 is 14.9 Å². The topological polar surface area (TPSA) is 63.6 Å². The van der Waals surface area contributed by atoms with Crippen LogP contribution in [0.25, 0.3) is 0 Å². The maximum absolute atomic E-state index is 11.4. The van der Waals surface area contributed by atoms with E-state index in [-0.39, 0.29) is 5.54 Å². The number of likely N-dealkylation sites (N-methyl/N-ethyl adjacent to an activating group) is 1. The summed E-state index contributed by atoms with van der Waals surface area (Å²) in [5, 5.41) is 0. The van der Waals surface area contributed by atoms with E-state index in [4.69, 9.17) is 4.74 Å². The number of hydrogen-bond acceptors (Lipinski definition) is 3. The third-order valence-corrected chi connectivity index (χ3v) is 5.59. The average Bonchev–Trinajstić information content (AvgIpc) is 2.10. The summed E-state index contributed by atoms with van der Waals surface area (Å²) in [7, 11) is 1.67. The van der Waals surface area contributed by atoms with E-state index in [1.807, 2.05) is 27.9 Å². The molecule has 1 N–H and O–H groups in total. The highest BCUT2D eigenvalue weighted by Gasteiger charge is 2.45. The Morgan fingerprint density at radius 2 is 1.61 bits per heavy atom. The SMILES string of the molecule is COCC[N+](C)(C)C(C)(C)CC(C)(C)S(=O)(=O)O. The quantitative estimate of drug-likeness (QED) is 0.568. The second-order valence-electron chi connectivity index (χ2n) is 6.63. The molecule has 0 spiro atoms. The first-order valence-corrected chi connectivity index (χ1v) is 7.50. The van der Waals surface area contributed by atoms with Gasteiger partial charge in [0.25, 0.3) is 10.1 Å². The van der Waals surface area contributed by atoms with Crippen LogP contribution in [0.4, 0.5) is 0 Å². The van der Waals surface area contributed by atoms with Gasteiger partial charge in [0, 0.05) is 13.5 Å². The van der Waals surface area contributed by atoms with Gasteiger partial charge in [0.15, 0.2) is 0 Å². The van der Waals surface area contributed by atoms with E-state index in [0.717, 1.165) is 6.54 Å². The molecule has 0 saturated carbocycles.